The molecule has 1 heterocycles. The zero-order chi connectivity index (χ0) is 23.6. The Bertz CT molecular complexity index is 572. The molecule has 30 heavy (non-hydrogen) atoms. The highest BCUT2D eigenvalue weighted by Crippen LogP contribution is 2.26. The van der Waals surface area contributed by atoms with Crippen LogP contribution in [0.2, 0.25) is 0 Å². The molecule has 172 valence electrons. The minimum absolute atomic E-state index is 0.210. The average Bonchev–Trinajstić information content (AvgIpc) is 2.76. The van der Waals surface area contributed by atoms with Gasteiger partial charge in [-0.05, 0) is 68.5 Å². The van der Waals surface area contributed by atoms with Crippen LogP contribution >= 0.6 is 0 Å². The number of hydrogen-bond acceptors (Lipinski definition) is 3. The molecule has 1 saturated heterocycles. The summed E-state index contributed by atoms with van der Waals surface area (Å²) in [5, 5.41) is 6.67. The van der Waals surface area contributed by atoms with Crippen LogP contribution < -0.4 is 15.4 Å². The van der Waals surface area contributed by atoms with Crippen molar-refractivity contribution in [2.24, 2.45) is 11.8 Å². The van der Waals surface area contributed by atoms with Gasteiger partial charge in [0.05, 0.1) is 0 Å². The van der Waals surface area contributed by atoms with Crippen molar-refractivity contribution in [3.05, 3.63) is 36.0 Å². The molecule has 0 bridgehead atoms. The standard InChI is InChI=1S/C18H25F3N2O.2C2H6.C2H2/c1-13(2)17(8-3-14-9-11-22-12-10-14)23-15-4-6-16(7-5-15)24-18(19,20)21;3*1-2/h4-8,13-14,22-23H,3,9-12H2,1-2H3;2*1-2H3;1-2H/b17-8-;;;. The fourth-order valence-electron chi connectivity index (χ4n) is 2.75. The van der Waals surface area contributed by atoms with E-state index < -0.39 is 6.36 Å². The maximum absolute atomic E-state index is 12.2. The van der Waals surface area contributed by atoms with Crippen LogP contribution in [0, 0.1) is 24.7 Å². The normalized spacial score (nSPS) is 14.2. The fourth-order valence-corrected chi connectivity index (χ4v) is 2.75. The van der Waals surface area contributed by atoms with Gasteiger partial charge in [0, 0.05) is 11.4 Å². The van der Waals surface area contributed by atoms with Gasteiger partial charge in [-0.1, -0.05) is 47.6 Å². The van der Waals surface area contributed by atoms with Crippen molar-refractivity contribution in [3.63, 3.8) is 0 Å². The minimum Gasteiger partial charge on any atom is -0.406 e. The topological polar surface area (TPSA) is 33.3 Å². The predicted molar refractivity (Wildman–Crippen MR) is 122 cm³/mol. The lowest BCUT2D eigenvalue weighted by Gasteiger charge is -2.22. The van der Waals surface area contributed by atoms with Gasteiger partial charge in [-0.2, -0.15) is 0 Å². The summed E-state index contributed by atoms with van der Waals surface area (Å²) in [6, 6.07) is 5.84. The lowest BCUT2D eigenvalue weighted by atomic mass is 9.93. The first-order valence-corrected chi connectivity index (χ1v) is 10.7. The SMILES string of the molecule is C#C.CC.CC.CC(C)/C(=C/CC1CCNCC1)Nc1ccc(OC(F)(F)F)cc1. The highest BCUT2D eigenvalue weighted by atomic mass is 19.4. The van der Waals surface area contributed by atoms with Gasteiger partial charge < -0.3 is 15.4 Å². The molecule has 0 atom stereocenters. The molecule has 2 N–H and O–H groups in total. The Morgan fingerprint density at radius 2 is 1.60 bits per heavy atom. The van der Waals surface area contributed by atoms with Crippen molar-refractivity contribution in [3.8, 4) is 18.6 Å². The molecule has 0 saturated carbocycles. The molecular formula is C24H39F3N2O. The van der Waals surface area contributed by atoms with Crippen LogP contribution in [0.1, 0.15) is 60.8 Å². The minimum atomic E-state index is -4.66. The maximum Gasteiger partial charge on any atom is 0.573 e. The van der Waals surface area contributed by atoms with E-state index in [1.165, 1.54) is 25.0 Å². The van der Waals surface area contributed by atoms with Gasteiger partial charge >= 0.3 is 6.36 Å². The first-order valence-electron chi connectivity index (χ1n) is 10.7. The number of anilines is 1. The third-order valence-corrected chi connectivity index (χ3v) is 4.13. The number of benzene rings is 1. The number of allylic oxidation sites excluding steroid dienone is 2. The van der Waals surface area contributed by atoms with Gasteiger partial charge in [0.25, 0.3) is 0 Å². The Labute approximate surface area is 181 Å². The average molecular weight is 429 g/mol. The van der Waals surface area contributed by atoms with Crippen LogP contribution in [0.25, 0.3) is 0 Å². The Morgan fingerprint density at radius 1 is 1.10 bits per heavy atom. The van der Waals surface area contributed by atoms with Crippen molar-refractivity contribution in [1.82, 2.24) is 5.32 Å². The summed E-state index contributed by atoms with van der Waals surface area (Å²) in [5.74, 6) is 0.806. The van der Waals surface area contributed by atoms with E-state index in [0.29, 0.717) is 11.8 Å². The molecule has 0 aliphatic carbocycles. The van der Waals surface area contributed by atoms with Crippen molar-refractivity contribution in [1.29, 1.82) is 0 Å². The molecule has 1 aliphatic rings. The number of nitrogens with one attached hydrogen (secondary N) is 2. The van der Waals surface area contributed by atoms with Crippen LogP contribution in [-0.2, 0) is 0 Å². The number of hydrogen-bond donors (Lipinski definition) is 2. The van der Waals surface area contributed by atoms with Gasteiger partial charge in [0.2, 0.25) is 0 Å². The number of ether oxygens (including phenoxy) is 1. The largest absolute Gasteiger partial charge is 0.573 e. The third-order valence-electron chi connectivity index (χ3n) is 4.13. The molecular weight excluding hydrogens is 389 g/mol. The molecule has 2 rings (SSSR count). The summed E-state index contributed by atoms with van der Waals surface area (Å²) in [6.07, 6.45) is 8.96. The van der Waals surface area contributed by atoms with Crippen LogP contribution in [-0.4, -0.2) is 19.5 Å². The second kappa shape index (κ2) is 17.7. The second-order valence-electron chi connectivity index (χ2n) is 6.44. The summed E-state index contributed by atoms with van der Waals surface area (Å²) in [6.45, 7) is 14.3. The molecule has 0 aromatic heterocycles. The third kappa shape index (κ3) is 13.9. The van der Waals surface area contributed by atoms with Gasteiger partial charge in [-0.3, -0.25) is 0 Å². The lowest BCUT2D eigenvalue weighted by Crippen LogP contribution is -2.27. The van der Waals surface area contributed by atoms with Crippen LogP contribution in [0.5, 0.6) is 5.75 Å². The second-order valence-corrected chi connectivity index (χ2v) is 6.44. The monoisotopic (exact) mass is 428 g/mol. The van der Waals surface area contributed by atoms with Crippen molar-refractivity contribution in [2.45, 2.75) is 67.2 Å². The van der Waals surface area contributed by atoms with Gasteiger partial charge in [-0.25, -0.2) is 0 Å². The highest BCUT2D eigenvalue weighted by molar-refractivity contribution is 5.50. The van der Waals surface area contributed by atoms with Gasteiger partial charge in [0.1, 0.15) is 5.75 Å². The van der Waals surface area contributed by atoms with Crippen molar-refractivity contribution >= 4 is 5.69 Å². The van der Waals surface area contributed by atoms with E-state index in [-0.39, 0.29) is 5.75 Å². The van der Waals surface area contributed by atoms with Crippen LogP contribution in [0.15, 0.2) is 36.0 Å². The van der Waals surface area contributed by atoms with E-state index >= 15 is 0 Å². The molecule has 6 heteroatoms. The number of alkyl halides is 3. The lowest BCUT2D eigenvalue weighted by molar-refractivity contribution is -0.274. The Hall–Kier alpha value is -2.13. The Balaban J connectivity index is 0. The molecule has 0 unspecified atom stereocenters. The number of rotatable bonds is 6. The van der Waals surface area contributed by atoms with E-state index in [1.807, 2.05) is 27.7 Å². The van der Waals surface area contributed by atoms with E-state index in [0.717, 1.165) is 30.9 Å². The Morgan fingerprint density at radius 3 is 2.03 bits per heavy atom. The van der Waals surface area contributed by atoms with E-state index in [2.05, 4.69) is 48.1 Å². The predicted octanol–water partition coefficient (Wildman–Crippen LogP) is 7.23. The first-order chi connectivity index (χ1) is 14.3. The molecule has 1 fully saturated rings. The molecule has 1 aromatic rings. The summed E-state index contributed by atoms with van der Waals surface area (Å²) in [4.78, 5) is 0. The summed E-state index contributed by atoms with van der Waals surface area (Å²) in [5.41, 5.74) is 1.85. The zero-order valence-electron chi connectivity index (χ0n) is 19.3. The maximum atomic E-state index is 12.2. The molecule has 1 aliphatic heterocycles. The van der Waals surface area contributed by atoms with Crippen LogP contribution in [0.3, 0.4) is 0 Å². The molecule has 1 aromatic carbocycles. The molecule has 0 radical (unpaired) electrons. The Kier molecular flexibility index (Phi) is 17.7. The molecule has 0 spiro atoms. The van der Waals surface area contributed by atoms with E-state index in [1.54, 1.807) is 12.1 Å². The number of halogens is 3. The fraction of sp³-hybridized carbons (Fsp3) is 0.583. The number of piperidine rings is 1. The summed E-state index contributed by atoms with van der Waals surface area (Å²) >= 11 is 0. The quantitative estimate of drug-likeness (QED) is 0.469. The van der Waals surface area contributed by atoms with E-state index in [4.69, 9.17) is 0 Å². The molecule has 0 amide bonds. The highest BCUT2D eigenvalue weighted by Gasteiger charge is 2.30. The molecule has 3 nitrogen and oxygen atoms in total. The summed E-state index contributed by atoms with van der Waals surface area (Å²) < 4.78 is 40.4. The van der Waals surface area contributed by atoms with Crippen molar-refractivity contribution < 1.29 is 17.9 Å². The van der Waals surface area contributed by atoms with E-state index in [9.17, 15) is 13.2 Å². The first kappa shape index (κ1) is 30.1. The number of terminal acetylenes is 1. The summed E-state index contributed by atoms with van der Waals surface area (Å²) in [7, 11) is 0. The zero-order valence-corrected chi connectivity index (χ0v) is 19.3. The van der Waals surface area contributed by atoms with Crippen molar-refractivity contribution in [2.75, 3.05) is 18.4 Å². The van der Waals surface area contributed by atoms with Gasteiger partial charge in [0.15, 0.2) is 0 Å². The van der Waals surface area contributed by atoms with Crippen LogP contribution in [0.4, 0.5) is 18.9 Å². The van der Waals surface area contributed by atoms with Gasteiger partial charge in [-0.15, -0.1) is 26.0 Å². The smallest absolute Gasteiger partial charge is 0.406 e.